The molecule has 2 aliphatic heterocycles. The molecule has 5 heterocycles. The fourth-order valence-corrected chi connectivity index (χ4v) is 4.49. The number of methoxy groups -OCH3 is 1. The molecule has 2 aliphatic rings. The quantitative estimate of drug-likeness (QED) is 0.595. The molecule has 3 aromatic rings. The summed E-state index contributed by atoms with van der Waals surface area (Å²) in [5.74, 6) is 0.345. The zero-order valence-corrected chi connectivity index (χ0v) is 18.9. The molecule has 0 bridgehead atoms. The highest BCUT2D eigenvalue weighted by Gasteiger charge is 2.37. The van der Waals surface area contributed by atoms with Crippen molar-refractivity contribution in [3.8, 4) is 11.3 Å². The van der Waals surface area contributed by atoms with E-state index in [1.54, 1.807) is 24.1 Å². The summed E-state index contributed by atoms with van der Waals surface area (Å²) >= 11 is 0. The number of hydrogen-bond donors (Lipinski definition) is 2. The van der Waals surface area contributed by atoms with Crippen molar-refractivity contribution in [2.45, 2.75) is 25.0 Å². The molecular formula is C22H27N7O4. The Balaban J connectivity index is 1.68. The van der Waals surface area contributed by atoms with Crippen LogP contribution in [0.3, 0.4) is 0 Å². The van der Waals surface area contributed by atoms with Gasteiger partial charge in [0.1, 0.15) is 11.5 Å². The van der Waals surface area contributed by atoms with Gasteiger partial charge in [-0.3, -0.25) is 10.1 Å². The van der Waals surface area contributed by atoms with Crippen molar-refractivity contribution in [1.29, 1.82) is 0 Å². The highest BCUT2D eigenvalue weighted by Crippen LogP contribution is 2.33. The van der Waals surface area contributed by atoms with Crippen molar-refractivity contribution >= 4 is 28.4 Å². The van der Waals surface area contributed by atoms with Gasteiger partial charge < -0.3 is 24.7 Å². The number of urea groups is 1. The number of carbonyl (C=O) groups excluding carboxylic acids is 1. The number of nitrogens with one attached hydrogen (secondary N) is 1. The van der Waals surface area contributed by atoms with Gasteiger partial charge in [-0.2, -0.15) is 5.10 Å². The number of fused-ring (bicyclic) bond motifs is 1. The van der Waals surface area contributed by atoms with Gasteiger partial charge >= 0.3 is 6.03 Å². The first-order valence-corrected chi connectivity index (χ1v) is 10.8. The number of rotatable bonds is 5. The number of carbonyl (C=O) groups is 1. The van der Waals surface area contributed by atoms with Gasteiger partial charge in [0.05, 0.1) is 35.7 Å². The van der Waals surface area contributed by atoms with E-state index in [1.807, 2.05) is 35.7 Å². The average Bonchev–Trinajstić information content (AvgIpc) is 3.32. The first-order chi connectivity index (χ1) is 15.8. The molecule has 0 radical (unpaired) electrons. The van der Waals surface area contributed by atoms with Gasteiger partial charge in [-0.25, -0.2) is 14.5 Å². The SMILES string of the molecule is COC1CN(c2cc(-c3cn(C)c4cnc(NC(N)=O)cc34)nn(C3(C)CCOC3)c2=O)C1. The smallest absolute Gasteiger partial charge is 0.317 e. The summed E-state index contributed by atoms with van der Waals surface area (Å²) in [5.41, 5.74) is 7.52. The Labute approximate surface area is 190 Å². The summed E-state index contributed by atoms with van der Waals surface area (Å²) < 4.78 is 14.5. The van der Waals surface area contributed by atoms with Crippen molar-refractivity contribution in [3.05, 3.63) is 34.9 Å². The zero-order chi connectivity index (χ0) is 23.3. The monoisotopic (exact) mass is 453 g/mol. The number of nitrogens with two attached hydrogens (primary N) is 1. The van der Waals surface area contributed by atoms with Crippen molar-refractivity contribution in [2.24, 2.45) is 12.8 Å². The minimum absolute atomic E-state index is 0.103. The summed E-state index contributed by atoms with van der Waals surface area (Å²) in [6.45, 7) is 4.30. The van der Waals surface area contributed by atoms with E-state index in [0.717, 1.165) is 16.5 Å². The van der Waals surface area contributed by atoms with E-state index in [1.165, 1.54) is 0 Å². The lowest BCUT2D eigenvalue weighted by Crippen LogP contribution is -2.55. The molecule has 0 saturated carbocycles. The van der Waals surface area contributed by atoms with Gasteiger partial charge in [-0.05, 0) is 25.5 Å². The maximum absolute atomic E-state index is 13.5. The summed E-state index contributed by atoms with van der Waals surface area (Å²) in [6.07, 6.45) is 4.43. The minimum Gasteiger partial charge on any atom is -0.379 e. The summed E-state index contributed by atoms with van der Waals surface area (Å²) in [7, 11) is 3.59. The summed E-state index contributed by atoms with van der Waals surface area (Å²) in [6, 6.07) is 2.91. The fourth-order valence-electron chi connectivity index (χ4n) is 4.49. The molecule has 1 unspecified atom stereocenters. The Morgan fingerprint density at radius 3 is 2.82 bits per heavy atom. The molecule has 0 aromatic carbocycles. The van der Waals surface area contributed by atoms with Crippen LogP contribution in [-0.2, 0) is 22.1 Å². The Hall–Kier alpha value is -3.44. The van der Waals surface area contributed by atoms with Crippen LogP contribution in [0.25, 0.3) is 22.2 Å². The Kier molecular flexibility index (Phi) is 5.09. The van der Waals surface area contributed by atoms with Crippen molar-refractivity contribution in [1.82, 2.24) is 19.3 Å². The predicted molar refractivity (Wildman–Crippen MR) is 124 cm³/mol. The van der Waals surface area contributed by atoms with Crippen LogP contribution >= 0.6 is 0 Å². The van der Waals surface area contributed by atoms with E-state index in [-0.39, 0.29) is 11.7 Å². The molecule has 3 N–H and O–H groups in total. The highest BCUT2D eigenvalue weighted by atomic mass is 16.5. The third-order valence-corrected chi connectivity index (χ3v) is 6.53. The lowest BCUT2D eigenvalue weighted by Gasteiger charge is -2.40. The second-order valence-electron chi connectivity index (χ2n) is 8.92. The zero-order valence-electron chi connectivity index (χ0n) is 18.9. The van der Waals surface area contributed by atoms with Crippen LogP contribution < -0.4 is 21.5 Å². The van der Waals surface area contributed by atoms with Crippen LogP contribution in [0.15, 0.2) is 29.3 Å². The second-order valence-corrected chi connectivity index (χ2v) is 8.92. The van der Waals surface area contributed by atoms with Gasteiger partial charge in [0.15, 0.2) is 0 Å². The molecule has 2 saturated heterocycles. The van der Waals surface area contributed by atoms with E-state index in [9.17, 15) is 9.59 Å². The van der Waals surface area contributed by atoms with Crippen LogP contribution in [0, 0.1) is 0 Å². The molecule has 3 aromatic heterocycles. The van der Waals surface area contributed by atoms with E-state index in [4.69, 9.17) is 20.3 Å². The average molecular weight is 454 g/mol. The minimum atomic E-state index is -0.687. The molecule has 0 spiro atoms. The normalized spacial score (nSPS) is 20.9. The number of nitrogens with zero attached hydrogens (tertiary/aromatic N) is 5. The van der Waals surface area contributed by atoms with Crippen molar-refractivity contribution < 1.29 is 14.3 Å². The third-order valence-electron chi connectivity index (χ3n) is 6.53. The lowest BCUT2D eigenvalue weighted by atomic mass is 10.0. The molecule has 11 nitrogen and oxygen atoms in total. The number of anilines is 2. The highest BCUT2D eigenvalue weighted by molar-refractivity contribution is 5.98. The number of ether oxygens (including phenoxy) is 2. The van der Waals surface area contributed by atoms with Crippen LogP contribution in [-0.4, -0.2) is 64.9 Å². The molecule has 11 heteroatoms. The molecular weight excluding hydrogens is 426 g/mol. The molecule has 174 valence electrons. The number of aryl methyl sites for hydroxylation is 1. The predicted octanol–water partition coefficient (Wildman–Crippen LogP) is 1.26. The van der Waals surface area contributed by atoms with Gasteiger partial charge in [0.2, 0.25) is 0 Å². The standard InChI is InChI=1S/C22H27N7O4/c1-22(4-5-33-12-22)29-20(30)17(28-9-13(10-28)32-3)7-16(26-29)15-11-27(2)18-8-24-19(6-14(15)18)25-21(23)31/h6-8,11,13H,4-5,9-10,12H2,1-3H3,(H3,23,24,25,31). The van der Waals surface area contributed by atoms with Gasteiger partial charge in [-0.15, -0.1) is 0 Å². The van der Waals surface area contributed by atoms with Crippen LogP contribution in [0.2, 0.25) is 0 Å². The summed E-state index contributed by atoms with van der Waals surface area (Å²) in [5, 5.41) is 8.17. The topological polar surface area (TPSA) is 130 Å². The molecule has 0 aliphatic carbocycles. The van der Waals surface area contributed by atoms with E-state index >= 15 is 0 Å². The van der Waals surface area contributed by atoms with E-state index in [0.29, 0.717) is 49.9 Å². The number of amides is 2. The first kappa shape index (κ1) is 21.4. The van der Waals surface area contributed by atoms with Crippen molar-refractivity contribution in [3.63, 3.8) is 0 Å². The Morgan fingerprint density at radius 2 is 2.15 bits per heavy atom. The van der Waals surface area contributed by atoms with Crippen LogP contribution in [0.4, 0.5) is 16.3 Å². The third kappa shape index (κ3) is 3.62. The number of primary amides is 1. The van der Waals surface area contributed by atoms with Gasteiger partial charge in [0, 0.05) is 51.0 Å². The fraction of sp³-hybridized carbons (Fsp3) is 0.455. The van der Waals surface area contributed by atoms with E-state index in [2.05, 4.69) is 10.3 Å². The molecule has 5 rings (SSSR count). The van der Waals surface area contributed by atoms with Crippen LogP contribution in [0.5, 0.6) is 0 Å². The van der Waals surface area contributed by atoms with Gasteiger partial charge in [-0.1, -0.05) is 0 Å². The largest absolute Gasteiger partial charge is 0.379 e. The van der Waals surface area contributed by atoms with Crippen LogP contribution in [0.1, 0.15) is 13.3 Å². The number of hydrogen-bond acceptors (Lipinski definition) is 7. The second kappa shape index (κ2) is 7.85. The number of pyridine rings is 1. The molecule has 2 amide bonds. The Morgan fingerprint density at radius 1 is 1.36 bits per heavy atom. The van der Waals surface area contributed by atoms with Gasteiger partial charge in [0.25, 0.3) is 5.56 Å². The van der Waals surface area contributed by atoms with E-state index < -0.39 is 11.6 Å². The molecule has 2 fully saturated rings. The lowest BCUT2D eigenvalue weighted by molar-refractivity contribution is 0.0784. The first-order valence-electron chi connectivity index (χ1n) is 10.8. The Bertz CT molecular complexity index is 1290. The maximum atomic E-state index is 13.5. The number of aromatic nitrogens is 4. The maximum Gasteiger partial charge on any atom is 0.317 e. The molecule has 33 heavy (non-hydrogen) atoms. The van der Waals surface area contributed by atoms with Crippen molar-refractivity contribution in [2.75, 3.05) is 43.6 Å². The molecule has 1 atom stereocenters. The summed E-state index contributed by atoms with van der Waals surface area (Å²) in [4.78, 5) is 31.1.